The summed E-state index contributed by atoms with van der Waals surface area (Å²) >= 11 is 3.35. The maximum Gasteiger partial charge on any atom is 0.258 e. The van der Waals surface area contributed by atoms with Crippen molar-refractivity contribution in [1.29, 1.82) is 0 Å². The topological polar surface area (TPSA) is 56.8 Å². The fourth-order valence-electron chi connectivity index (χ4n) is 2.22. The number of carbonyl (C=O) groups excluding carboxylic acids is 1. The highest BCUT2D eigenvalue weighted by molar-refractivity contribution is 9.10. The van der Waals surface area contributed by atoms with Crippen molar-refractivity contribution >= 4 is 21.8 Å². The maximum atomic E-state index is 12.1. The van der Waals surface area contributed by atoms with Gasteiger partial charge in [-0.15, -0.1) is 0 Å². The third-order valence-electron chi connectivity index (χ3n) is 3.46. The van der Waals surface area contributed by atoms with E-state index in [4.69, 9.17) is 14.2 Å². The summed E-state index contributed by atoms with van der Waals surface area (Å²) in [5.41, 5.74) is 0.842. The van der Waals surface area contributed by atoms with Gasteiger partial charge in [-0.1, -0.05) is 15.9 Å². The number of amides is 1. The van der Waals surface area contributed by atoms with Crippen LogP contribution in [0, 0.1) is 0 Å². The summed E-state index contributed by atoms with van der Waals surface area (Å²) < 4.78 is 17.0. The van der Waals surface area contributed by atoms with Crippen LogP contribution in [-0.4, -0.2) is 26.7 Å². The van der Waals surface area contributed by atoms with Crippen molar-refractivity contribution in [3.05, 3.63) is 52.5 Å². The van der Waals surface area contributed by atoms with Crippen molar-refractivity contribution in [2.75, 3.05) is 20.8 Å². The Balaban J connectivity index is 1.97. The molecule has 1 atom stereocenters. The highest BCUT2D eigenvalue weighted by atomic mass is 79.9. The highest BCUT2D eigenvalue weighted by Crippen LogP contribution is 2.29. The second-order valence-electron chi connectivity index (χ2n) is 5.14. The van der Waals surface area contributed by atoms with Crippen LogP contribution in [-0.2, 0) is 4.79 Å². The molecule has 0 aliphatic rings. The highest BCUT2D eigenvalue weighted by Gasteiger charge is 2.15. The largest absolute Gasteiger partial charge is 0.497 e. The predicted molar refractivity (Wildman–Crippen MR) is 95.7 cm³/mol. The molecule has 0 aromatic heterocycles. The Hall–Kier alpha value is -2.21. The molecule has 0 heterocycles. The van der Waals surface area contributed by atoms with Gasteiger partial charge in [0.1, 0.15) is 17.2 Å². The number of rotatable bonds is 7. The molecule has 2 rings (SSSR count). The Morgan fingerprint density at radius 2 is 1.75 bits per heavy atom. The molecule has 24 heavy (non-hydrogen) atoms. The molecule has 0 aliphatic carbocycles. The molecular weight excluding hydrogens is 374 g/mol. The van der Waals surface area contributed by atoms with Crippen LogP contribution in [0.3, 0.4) is 0 Å². The van der Waals surface area contributed by atoms with E-state index in [9.17, 15) is 4.79 Å². The normalized spacial score (nSPS) is 11.5. The standard InChI is InChI=1S/C18H20BrNO4/c1-12(16-10-15(22-2)8-9-17(16)23-3)20-18(21)11-24-14-6-4-13(19)5-7-14/h4-10,12H,11H2,1-3H3,(H,20,21). The summed E-state index contributed by atoms with van der Waals surface area (Å²) in [5, 5.41) is 2.90. The Morgan fingerprint density at radius 3 is 2.38 bits per heavy atom. The zero-order chi connectivity index (χ0) is 17.5. The van der Waals surface area contributed by atoms with Crippen LogP contribution in [0.5, 0.6) is 17.2 Å². The Labute approximate surface area is 150 Å². The average molecular weight is 394 g/mol. The minimum absolute atomic E-state index is 0.0573. The number of nitrogens with one attached hydrogen (secondary N) is 1. The van der Waals surface area contributed by atoms with Gasteiger partial charge in [-0.25, -0.2) is 0 Å². The molecule has 0 saturated carbocycles. The molecule has 0 bridgehead atoms. The molecule has 2 aromatic carbocycles. The maximum absolute atomic E-state index is 12.1. The van der Waals surface area contributed by atoms with Gasteiger partial charge in [-0.2, -0.15) is 0 Å². The van der Waals surface area contributed by atoms with Crippen molar-refractivity contribution in [3.63, 3.8) is 0 Å². The number of ether oxygens (including phenoxy) is 3. The van der Waals surface area contributed by atoms with Crippen LogP contribution in [0.2, 0.25) is 0 Å². The van der Waals surface area contributed by atoms with Gasteiger partial charge in [-0.3, -0.25) is 4.79 Å². The molecule has 0 fully saturated rings. The molecule has 1 unspecified atom stereocenters. The van der Waals surface area contributed by atoms with E-state index in [1.165, 1.54) is 0 Å². The number of methoxy groups -OCH3 is 2. The second kappa shape index (κ2) is 8.59. The lowest BCUT2D eigenvalue weighted by atomic mass is 10.1. The van der Waals surface area contributed by atoms with Crippen molar-refractivity contribution < 1.29 is 19.0 Å². The Kier molecular flexibility index (Phi) is 6.49. The molecule has 2 aromatic rings. The van der Waals surface area contributed by atoms with Gasteiger partial charge in [0.15, 0.2) is 6.61 Å². The minimum atomic E-state index is -0.240. The van der Waals surface area contributed by atoms with Crippen molar-refractivity contribution in [3.8, 4) is 17.2 Å². The van der Waals surface area contributed by atoms with E-state index in [0.29, 0.717) is 17.2 Å². The molecule has 5 nitrogen and oxygen atoms in total. The van der Waals surface area contributed by atoms with Gasteiger partial charge in [0.05, 0.1) is 20.3 Å². The molecule has 1 amide bonds. The summed E-state index contributed by atoms with van der Waals surface area (Å²) in [5.74, 6) is 1.82. The summed E-state index contributed by atoms with van der Waals surface area (Å²) in [4.78, 5) is 12.1. The zero-order valence-corrected chi connectivity index (χ0v) is 15.4. The average Bonchev–Trinajstić information content (AvgIpc) is 2.60. The van der Waals surface area contributed by atoms with Crippen molar-refractivity contribution in [2.45, 2.75) is 13.0 Å². The van der Waals surface area contributed by atoms with Crippen LogP contribution in [0.15, 0.2) is 46.9 Å². The summed E-state index contributed by atoms with van der Waals surface area (Å²) in [6.45, 7) is 1.83. The monoisotopic (exact) mass is 393 g/mol. The van der Waals surface area contributed by atoms with E-state index in [0.717, 1.165) is 10.0 Å². The first-order chi connectivity index (χ1) is 11.5. The van der Waals surface area contributed by atoms with Crippen LogP contribution >= 0.6 is 15.9 Å². The number of hydrogen-bond acceptors (Lipinski definition) is 4. The third kappa shape index (κ3) is 4.89. The molecular formula is C18H20BrNO4. The van der Waals surface area contributed by atoms with Gasteiger partial charge in [-0.05, 0) is 49.4 Å². The number of carbonyl (C=O) groups is 1. The lowest BCUT2D eigenvalue weighted by molar-refractivity contribution is -0.123. The molecule has 0 aliphatic heterocycles. The Morgan fingerprint density at radius 1 is 1.08 bits per heavy atom. The van der Waals surface area contributed by atoms with Crippen LogP contribution in [0.25, 0.3) is 0 Å². The zero-order valence-electron chi connectivity index (χ0n) is 13.8. The fraction of sp³-hybridized carbons (Fsp3) is 0.278. The van der Waals surface area contributed by atoms with Crippen molar-refractivity contribution in [1.82, 2.24) is 5.32 Å². The molecule has 0 saturated heterocycles. The lowest BCUT2D eigenvalue weighted by Gasteiger charge is -2.18. The first-order valence-electron chi connectivity index (χ1n) is 7.43. The van der Waals surface area contributed by atoms with Gasteiger partial charge in [0.25, 0.3) is 5.91 Å². The van der Waals surface area contributed by atoms with E-state index < -0.39 is 0 Å². The van der Waals surface area contributed by atoms with E-state index >= 15 is 0 Å². The molecule has 1 N–H and O–H groups in total. The number of hydrogen-bond donors (Lipinski definition) is 1. The quantitative estimate of drug-likeness (QED) is 0.778. The third-order valence-corrected chi connectivity index (χ3v) is 3.99. The van der Waals surface area contributed by atoms with Gasteiger partial charge < -0.3 is 19.5 Å². The van der Waals surface area contributed by atoms with E-state index in [-0.39, 0.29) is 18.6 Å². The number of halogens is 1. The van der Waals surface area contributed by atoms with Crippen LogP contribution < -0.4 is 19.5 Å². The van der Waals surface area contributed by atoms with E-state index in [1.54, 1.807) is 26.4 Å². The summed E-state index contributed by atoms with van der Waals surface area (Å²) in [6, 6.07) is 12.5. The summed E-state index contributed by atoms with van der Waals surface area (Å²) in [6.07, 6.45) is 0. The van der Waals surface area contributed by atoms with Gasteiger partial charge in [0, 0.05) is 10.0 Å². The van der Waals surface area contributed by atoms with Crippen LogP contribution in [0.1, 0.15) is 18.5 Å². The molecule has 6 heteroatoms. The van der Waals surface area contributed by atoms with Gasteiger partial charge in [0.2, 0.25) is 0 Å². The van der Waals surface area contributed by atoms with E-state index in [1.807, 2.05) is 37.3 Å². The van der Waals surface area contributed by atoms with E-state index in [2.05, 4.69) is 21.2 Å². The Bertz CT molecular complexity index is 688. The van der Waals surface area contributed by atoms with Gasteiger partial charge >= 0.3 is 0 Å². The number of benzene rings is 2. The predicted octanol–water partition coefficient (Wildman–Crippen LogP) is 3.72. The minimum Gasteiger partial charge on any atom is -0.497 e. The SMILES string of the molecule is COc1ccc(OC)c(C(C)NC(=O)COc2ccc(Br)cc2)c1. The smallest absolute Gasteiger partial charge is 0.258 e. The van der Waals surface area contributed by atoms with Crippen molar-refractivity contribution in [2.24, 2.45) is 0 Å². The summed E-state index contributed by atoms with van der Waals surface area (Å²) in [7, 11) is 3.19. The van der Waals surface area contributed by atoms with Crippen LogP contribution in [0.4, 0.5) is 0 Å². The second-order valence-corrected chi connectivity index (χ2v) is 6.06. The first kappa shape index (κ1) is 18.1. The molecule has 0 spiro atoms. The lowest BCUT2D eigenvalue weighted by Crippen LogP contribution is -2.31. The molecule has 128 valence electrons. The first-order valence-corrected chi connectivity index (χ1v) is 8.22. The fourth-order valence-corrected chi connectivity index (χ4v) is 2.48. The molecule has 0 radical (unpaired) electrons.